The zero-order valence-electron chi connectivity index (χ0n) is 11.6. The molecule has 0 radical (unpaired) electrons. The lowest BCUT2D eigenvalue weighted by atomic mass is 9.94. The lowest BCUT2D eigenvalue weighted by Crippen LogP contribution is -2.20. The summed E-state index contributed by atoms with van der Waals surface area (Å²) in [7, 11) is 0. The second-order valence-electron chi connectivity index (χ2n) is 5.45. The molecule has 0 unspecified atom stereocenters. The fraction of sp³-hybridized carbons (Fsp3) is 0.533. The molecule has 1 aliphatic carbocycles. The molecule has 3 rings (SSSR count). The molecular formula is C15H21N3S. The Kier molecular flexibility index (Phi) is 3.44. The maximum atomic E-state index is 6.17. The Morgan fingerprint density at radius 3 is 2.68 bits per heavy atom. The Labute approximate surface area is 118 Å². The third kappa shape index (κ3) is 2.22. The lowest BCUT2D eigenvalue weighted by molar-refractivity contribution is 0.370. The summed E-state index contributed by atoms with van der Waals surface area (Å²) in [6.07, 6.45) is 7.23. The number of aromatic nitrogens is 2. The molecule has 2 N–H and O–H groups in total. The summed E-state index contributed by atoms with van der Waals surface area (Å²) in [5, 5.41) is 0.828. The van der Waals surface area contributed by atoms with Gasteiger partial charge in [-0.1, -0.05) is 12.1 Å². The van der Waals surface area contributed by atoms with Crippen molar-refractivity contribution in [3.05, 3.63) is 23.8 Å². The van der Waals surface area contributed by atoms with Crippen LogP contribution in [0.4, 0.5) is 5.95 Å². The zero-order valence-corrected chi connectivity index (χ0v) is 12.4. The second-order valence-corrected chi connectivity index (χ2v) is 6.59. The molecule has 4 heteroatoms. The third-order valence-corrected chi connectivity index (χ3v) is 5.43. The van der Waals surface area contributed by atoms with Crippen molar-refractivity contribution in [1.29, 1.82) is 0 Å². The van der Waals surface area contributed by atoms with Crippen LogP contribution in [0.25, 0.3) is 11.0 Å². The molecule has 0 bridgehead atoms. The summed E-state index contributed by atoms with van der Waals surface area (Å²) in [6, 6.07) is 6.87. The molecular weight excluding hydrogens is 254 g/mol. The van der Waals surface area contributed by atoms with Crippen molar-refractivity contribution in [2.45, 2.75) is 43.9 Å². The Balaban J connectivity index is 1.97. The van der Waals surface area contributed by atoms with Gasteiger partial charge in [0.15, 0.2) is 0 Å². The molecule has 2 aromatic rings. The first-order valence-corrected chi connectivity index (χ1v) is 8.25. The van der Waals surface area contributed by atoms with Gasteiger partial charge in [0.05, 0.1) is 11.0 Å². The van der Waals surface area contributed by atoms with E-state index in [2.05, 4.69) is 40.9 Å². The number of nitrogen functional groups attached to an aromatic ring is 1. The van der Waals surface area contributed by atoms with E-state index < -0.39 is 0 Å². The molecule has 102 valence electrons. The molecule has 0 atom stereocenters. The van der Waals surface area contributed by atoms with E-state index in [-0.39, 0.29) is 0 Å². The molecule has 1 heterocycles. The van der Waals surface area contributed by atoms with Gasteiger partial charge in [-0.2, -0.15) is 11.8 Å². The molecule has 1 aliphatic rings. The molecule has 1 fully saturated rings. The summed E-state index contributed by atoms with van der Waals surface area (Å²) in [5.74, 6) is 0.678. The Morgan fingerprint density at radius 1 is 1.26 bits per heavy atom. The highest BCUT2D eigenvalue weighted by Crippen LogP contribution is 2.37. The minimum atomic E-state index is 0.523. The highest BCUT2D eigenvalue weighted by atomic mass is 32.2. The molecule has 3 nitrogen and oxygen atoms in total. The monoisotopic (exact) mass is 275 g/mol. The predicted octanol–water partition coefficient (Wildman–Crippen LogP) is 3.77. The van der Waals surface area contributed by atoms with Crippen LogP contribution in [0.2, 0.25) is 0 Å². The van der Waals surface area contributed by atoms with Gasteiger partial charge in [0.25, 0.3) is 0 Å². The van der Waals surface area contributed by atoms with E-state index in [1.165, 1.54) is 36.8 Å². The second kappa shape index (κ2) is 5.08. The predicted molar refractivity (Wildman–Crippen MR) is 83.7 cm³/mol. The Morgan fingerprint density at radius 2 is 2.00 bits per heavy atom. The van der Waals surface area contributed by atoms with Crippen molar-refractivity contribution >= 4 is 28.7 Å². The van der Waals surface area contributed by atoms with Crippen LogP contribution < -0.4 is 5.73 Å². The SMILES string of the molecule is CSC1CCC(n2c(N)nc3c(C)cccc32)CC1. The summed E-state index contributed by atoms with van der Waals surface area (Å²) in [5.41, 5.74) is 9.64. The quantitative estimate of drug-likeness (QED) is 0.907. The van der Waals surface area contributed by atoms with Gasteiger partial charge in [-0.3, -0.25) is 0 Å². The van der Waals surface area contributed by atoms with Crippen LogP contribution in [0.5, 0.6) is 0 Å². The zero-order chi connectivity index (χ0) is 13.4. The van der Waals surface area contributed by atoms with Crippen LogP contribution in [-0.2, 0) is 0 Å². The minimum absolute atomic E-state index is 0.523. The van der Waals surface area contributed by atoms with E-state index in [1.54, 1.807) is 0 Å². The fourth-order valence-corrected chi connectivity index (χ4v) is 3.94. The largest absolute Gasteiger partial charge is 0.369 e. The molecule has 0 saturated heterocycles. The van der Waals surface area contributed by atoms with E-state index >= 15 is 0 Å². The van der Waals surface area contributed by atoms with E-state index in [0.29, 0.717) is 12.0 Å². The van der Waals surface area contributed by atoms with Gasteiger partial charge >= 0.3 is 0 Å². The number of aryl methyl sites for hydroxylation is 1. The van der Waals surface area contributed by atoms with E-state index in [0.717, 1.165) is 10.8 Å². The van der Waals surface area contributed by atoms with E-state index in [1.807, 2.05) is 11.8 Å². The number of thioether (sulfide) groups is 1. The van der Waals surface area contributed by atoms with E-state index in [4.69, 9.17) is 5.73 Å². The number of imidazole rings is 1. The van der Waals surface area contributed by atoms with Gasteiger partial charge in [-0.25, -0.2) is 4.98 Å². The Bertz CT molecular complexity index is 582. The summed E-state index contributed by atoms with van der Waals surface area (Å²) < 4.78 is 2.26. The summed E-state index contributed by atoms with van der Waals surface area (Å²) in [6.45, 7) is 2.10. The number of para-hydroxylation sites is 1. The third-order valence-electron chi connectivity index (χ3n) is 4.29. The fourth-order valence-electron chi connectivity index (χ4n) is 3.20. The van der Waals surface area contributed by atoms with Crippen LogP contribution in [0.1, 0.15) is 37.3 Å². The van der Waals surface area contributed by atoms with Gasteiger partial charge in [0.1, 0.15) is 0 Å². The average Bonchev–Trinajstić information content (AvgIpc) is 2.77. The van der Waals surface area contributed by atoms with Crippen molar-refractivity contribution in [3.63, 3.8) is 0 Å². The first-order chi connectivity index (χ1) is 9.20. The number of hydrogen-bond donors (Lipinski definition) is 1. The van der Waals surface area contributed by atoms with Gasteiger partial charge in [0.2, 0.25) is 5.95 Å². The standard InChI is InChI=1S/C15H21N3S/c1-10-4-3-5-13-14(10)17-15(16)18(13)11-6-8-12(19-2)9-7-11/h3-5,11-12H,6-9H2,1-2H3,(H2,16,17). The van der Waals surface area contributed by atoms with Crippen LogP contribution in [0, 0.1) is 6.92 Å². The van der Waals surface area contributed by atoms with Gasteiger partial charge in [0, 0.05) is 11.3 Å². The van der Waals surface area contributed by atoms with Crippen molar-refractivity contribution in [1.82, 2.24) is 9.55 Å². The number of hydrogen-bond acceptors (Lipinski definition) is 3. The topological polar surface area (TPSA) is 43.8 Å². The Hall–Kier alpha value is -1.16. The smallest absolute Gasteiger partial charge is 0.201 e. The van der Waals surface area contributed by atoms with Crippen molar-refractivity contribution in [3.8, 4) is 0 Å². The average molecular weight is 275 g/mol. The number of nitrogens with two attached hydrogens (primary N) is 1. The number of nitrogens with zero attached hydrogens (tertiary/aromatic N) is 2. The van der Waals surface area contributed by atoms with Crippen molar-refractivity contribution in [2.24, 2.45) is 0 Å². The summed E-state index contributed by atoms with van der Waals surface area (Å²) in [4.78, 5) is 4.56. The van der Waals surface area contributed by atoms with Gasteiger partial charge in [-0.15, -0.1) is 0 Å². The van der Waals surface area contributed by atoms with Crippen LogP contribution >= 0.6 is 11.8 Å². The van der Waals surface area contributed by atoms with Gasteiger partial charge < -0.3 is 10.3 Å². The minimum Gasteiger partial charge on any atom is -0.369 e. The number of fused-ring (bicyclic) bond motifs is 1. The van der Waals surface area contributed by atoms with E-state index in [9.17, 15) is 0 Å². The van der Waals surface area contributed by atoms with Crippen LogP contribution in [-0.4, -0.2) is 21.1 Å². The first kappa shape index (κ1) is 12.9. The van der Waals surface area contributed by atoms with Crippen LogP contribution in [0.15, 0.2) is 18.2 Å². The molecule has 0 spiro atoms. The van der Waals surface area contributed by atoms with Crippen molar-refractivity contribution in [2.75, 3.05) is 12.0 Å². The molecule has 0 aliphatic heterocycles. The number of rotatable bonds is 2. The number of benzene rings is 1. The molecule has 1 aromatic carbocycles. The highest BCUT2D eigenvalue weighted by molar-refractivity contribution is 7.99. The van der Waals surface area contributed by atoms with Gasteiger partial charge in [-0.05, 0) is 50.5 Å². The number of anilines is 1. The molecule has 19 heavy (non-hydrogen) atoms. The lowest BCUT2D eigenvalue weighted by Gasteiger charge is -2.29. The summed E-state index contributed by atoms with van der Waals surface area (Å²) >= 11 is 2.00. The maximum Gasteiger partial charge on any atom is 0.201 e. The van der Waals surface area contributed by atoms with Crippen LogP contribution in [0.3, 0.4) is 0 Å². The molecule has 1 aromatic heterocycles. The normalized spacial score (nSPS) is 23.9. The highest BCUT2D eigenvalue weighted by Gasteiger charge is 2.24. The molecule has 0 amide bonds. The first-order valence-electron chi connectivity index (χ1n) is 6.96. The van der Waals surface area contributed by atoms with Crippen molar-refractivity contribution < 1.29 is 0 Å². The molecule has 1 saturated carbocycles. The maximum absolute atomic E-state index is 6.17.